The Bertz CT molecular complexity index is 821. The Morgan fingerprint density at radius 1 is 1.04 bits per heavy atom. The Labute approximate surface area is 166 Å². The summed E-state index contributed by atoms with van der Waals surface area (Å²) in [5.41, 5.74) is 2.72. The molecule has 0 unspecified atom stereocenters. The van der Waals surface area contributed by atoms with Gasteiger partial charge in [-0.3, -0.25) is 9.79 Å². The summed E-state index contributed by atoms with van der Waals surface area (Å²) in [5.74, 6) is 1.62. The van der Waals surface area contributed by atoms with Crippen molar-refractivity contribution < 1.29 is 14.3 Å². The molecule has 0 fully saturated rings. The van der Waals surface area contributed by atoms with E-state index in [0.717, 1.165) is 17.8 Å². The van der Waals surface area contributed by atoms with Crippen LogP contribution in [0.2, 0.25) is 0 Å². The maximum absolute atomic E-state index is 12.2. The maximum atomic E-state index is 12.2. The van der Waals surface area contributed by atoms with Crippen molar-refractivity contribution in [2.75, 3.05) is 37.9 Å². The standard InChI is InChI=1S/C21H28N4O3/c1-5-15-8-7-9-16(12-15)24-20(26)14-23-21(22-3)25-17-10-11-18(28-6-2)19(13-17)27-4/h7-13H,5-6,14H2,1-4H3,(H,24,26)(H2,22,23,25). The van der Waals surface area contributed by atoms with Gasteiger partial charge in [0.15, 0.2) is 17.5 Å². The molecule has 0 aliphatic carbocycles. The van der Waals surface area contributed by atoms with Gasteiger partial charge in [0.25, 0.3) is 0 Å². The number of hydrogen-bond donors (Lipinski definition) is 3. The van der Waals surface area contributed by atoms with E-state index in [1.807, 2.05) is 49.4 Å². The van der Waals surface area contributed by atoms with Crippen LogP contribution in [0.5, 0.6) is 11.5 Å². The van der Waals surface area contributed by atoms with Crippen LogP contribution in [0, 0.1) is 0 Å². The van der Waals surface area contributed by atoms with Crippen LogP contribution in [0.1, 0.15) is 19.4 Å². The van der Waals surface area contributed by atoms with Crippen LogP contribution in [0.25, 0.3) is 0 Å². The lowest BCUT2D eigenvalue weighted by Crippen LogP contribution is -2.37. The molecule has 2 aromatic carbocycles. The molecule has 2 aromatic rings. The summed E-state index contributed by atoms with van der Waals surface area (Å²) in [7, 11) is 3.23. The second-order valence-corrected chi connectivity index (χ2v) is 5.95. The minimum Gasteiger partial charge on any atom is -0.493 e. The van der Waals surface area contributed by atoms with Gasteiger partial charge in [-0.05, 0) is 43.2 Å². The molecular formula is C21H28N4O3. The molecule has 150 valence electrons. The number of carbonyl (C=O) groups excluding carboxylic acids is 1. The minimum absolute atomic E-state index is 0.0875. The maximum Gasteiger partial charge on any atom is 0.243 e. The summed E-state index contributed by atoms with van der Waals surface area (Å²) < 4.78 is 10.9. The van der Waals surface area contributed by atoms with Crippen molar-refractivity contribution >= 4 is 23.2 Å². The van der Waals surface area contributed by atoms with E-state index in [4.69, 9.17) is 9.47 Å². The number of methoxy groups -OCH3 is 1. The van der Waals surface area contributed by atoms with Crippen molar-refractivity contribution in [3.8, 4) is 11.5 Å². The molecule has 0 spiro atoms. The number of nitrogens with zero attached hydrogens (tertiary/aromatic N) is 1. The smallest absolute Gasteiger partial charge is 0.243 e. The lowest BCUT2D eigenvalue weighted by Gasteiger charge is -2.14. The van der Waals surface area contributed by atoms with E-state index in [1.165, 1.54) is 5.56 Å². The topological polar surface area (TPSA) is 84.0 Å². The number of aryl methyl sites for hydroxylation is 1. The third-order valence-corrected chi connectivity index (χ3v) is 3.99. The summed E-state index contributed by atoms with van der Waals surface area (Å²) in [4.78, 5) is 16.4. The molecular weight excluding hydrogens is 356 g/mol. The number of amides is 1. The summed E-state index contributed by atoms with van der Waals surface area (Å²) in [6.07, 6.45) is 0.921. The molecule has 0 heterocycles. The highest BCUT2D eigenvalue weighted by molar-refractivity contribution is 5.99. The summed E-state index contributed by atoms with van der Waals surface area (Å²) in [5, 5.41) is 9.01. The quantitative estimate of drug-likeness (QED) is 0.480. The zero-order chi connectivity index (χ0) is 20.4. The fraction of sp³-hybridized carbons (Fsp3) is 0.333. The Kier molecular flexibility index (Phi) is 8.14. The minimum atomic E-state index is -0.152. The van der Waals surface area contributed by atoms with Gasteiger partial charge in [-0.2, -0.15) is 0 Å². The first kappa shape index (κ1) is 21.1. The highest BCUT2D eigenvalue weighted by Gasteiger charge is 2.08. The first-order chi connectivity index (χ1) is 13.6. The van der Waals surface area contributed by atoms with Crippen LogP contribution in [0.4, 0.5) is 11.4 Å². The van der Waals surface area contributed by atoms with Crippen molar-refractivity contribution in [1.82, 2.24) is 5.32 Å². The van der Waals surface area contributed by atoms with Gasteiger partial charge in [-0.15, -0.1) is 0 Å². The van der Waals surface area contributed by atoms with Crippen molar-refractivity contribution in [2.24, 2.45) is 4.99 Å². The van der Waals surface area contributed by atoms with Crippen LogP contribution >= 0.6 is 0 Å². The van der Waals surface area contributed by atoms with Gasteiger partial charge < -0.3 is 25.4 Å². The molecule has 0 saturated heterocycles. The highest BCUT2D eigenvalue weighted by Crippen LogP contribution is 2.30. The molecule has 1 amide bonds. The van der Waals surface area contributed by atoms with Gasteiger partial charge in [-0.25, -0.2) is 0 Å². The monoisotopic (exact) mass is 384 g/mol. The first-order valence-corrected chi connectivity index (χ1v) is 9.26. The lowest BCUT2D eigenvalue weighted by atomic mass is 10.1. The van der Waals surface area contributed by atoms with Gasteiger partial charge >= 0.3 is 0 Å². The fourth-order valence-electron chi connectivity index (χ4n) is 2.57. The van der Waals surface area contributed by atoms with E-state index in [1.54, 1.807) is 14.2 Å². The molecule has 0 aliphatic heterocycles. The zero-order valence-corrected chi connectivity index (χ0v) is 16.8. The second kappa shape index (κ2) is 10.8. The predicted octanol–water partition coefficient (Wildman–Crippen LogP) is 3.28. The number of ether oxygens (including phenoxy) is 2. The van der Waals surface area contributed by atoms with Crippen LogP contribution in [0.3, 0.4) is 0 Å². The molecule has 0 atom stereocenters. The summed E-state index contributed by atoms with van der Waals surface area (Å²) in [6.45, 7) is 4.64. The van der Waals surface area contributed by atoms with E-state index in [-0.39, 0.29) is 12.5 Å². The van der Waals surface area contributed by atoms with Crippen LogP contribution in [-0.2, 0) is 11.2 Å². The van der Waals surface area contributed by atoms with E-state index in [2.05, 4.69) is 27.9 Å². The Balaban J connectivity index is 1.92. The molecule has 3 N–H and O–H groups in total. The third kappa shape index (κ3) is 6.19. The fourth-order valence-corrected chi connectivity index (χ4v) is 2.57. The largest absolute Gasteiger partial charge is 0.493 e. The average molecular weight is 384 g/mol. The van der Waals surface area contributed by atoms with Gasteiger partial charge in [-0.1, -0.05) is 19.1 Å². The number of rotatable bonds is 8. The lowest BCUT2D eigenvalue weighted by molar-refractivity contribution is -0.115. The highest BCUT2D eigenvalue weighted by atomic mass is 16.5. The second-order valence-electron chi connectivity index (χ2n) is 5.95. The number of carbonyl (C=O) groups is 1. The SMILES string of the molecule is CCOc1ccc(NC(=NC)NCC(=O)Nc2cccc(CC)c2)cc1OC. The molecule has 0 aliphatic rings. The molecule has 0 saturated carbocycles. The normalized spacial score (nSPS) is 10.9. The van der Waals surface area contributed by atoms with E-state index in [9.17, 15) is 4.79 Å². The number of guanidine groups is 1. The van der Waals surface area contributed by atoms with Gasteiger partial charge in [0.05, 0.1) is 20.3 Å². The molecule has 2 rings (SSSR count). The average Bonchev–Trinajstić information content (AvgIpc) is 2.72. The van der Waals surface area contributed by atoms with E-state index in [0.29, 0.717) is 24.1 Å². The third-order valence-electron chi connectivity index (χ3n) is 3.99. The van der Waals surface area contributed by atoms with Gasteiger partial charge in [0.2, 0.25) is 5.91 Å². The predicted molar refractivity (Wildman–Crippen MR) is 114 cm³/mol. The molecule has 0 radical (unpaired) electrons. The summed E-state index contributed by atoms with van der Waals surface area (Å²) >= 11 is 0. The number of anilines is 2. The summed E-state index contributed by atoms with van der Waals surface area (Å²) in [6, 6.07) is 13.3. The van der Waals surface area contributed by atoms with E-state index < -0.39 is 0 Å². The van der Waals surface area contributed by atoms with Crippen LogP contribution in [0.15, 0.2) is 47.5 Å². The van der Waals surface area contributed by atoms with E-state index >= 15 is 0 Å². The number of benzene rings is 2. The molecule has 28 heavy (non-hydrogen) atoms. The molecule has 0 aromatic heterocycles. The van der Waals surface area contributed by atoms with Crippen LogP contribution in [-0.4, -0.2) is 39.2 Å². The molecule has 0 bridgehead atoms. The van der Waals surface area contributed by atoms with Gasteiger partial charge in [0, 0.05) is 24.5 Å². The number of nitrogens with one attached hydrogen (secondary N) is 3. The van der Waals surface area contributed by atoms with Crippen molar-refractivity contribution in [1.29, 1.82) is 0 Å². The van der Waals surface area contributed by atoms with Crippen molar-refractivity contribution in [2.45, 2.75) is 20.3 Å². The Hall–Kier alpha value is -3.22. The molecule has 7 nitrogen and oxygen atoms in total. The van der Waals surface area contributed by atoms with Crippen LogP contribution < -0.4 is 25.4 Å². The number of hydrogen-bond acceptors (Lipinski definition) is 4. The molecule has 7 heteroatoms. The van der Waals surface area contributed by atoms with Crippen molar-refractivity contribution in [3.63, 3.8) is 0 Å². The first-order valence-electron chi connectivity index (χ1n) is 9.26. The zero-order valence-electron chi connectivity index (χ0n) is 16.8. The Morgan fingerprint density at radius 3 is 2.50 bits per heavy atom. The number of aliphatic imine (C=N–C) groups is 1. The van der Waals surface area contributed by atoms with Gasteiger partial charge in [0.1, 0.15) is 0 Å². The van der Waals surface area contributed by atoms with Crippen molar-refractivity contribution in [3.05, 3.63) is 48.0 Å². The Morgan fingerprint density at radius 2 is 1.82 bits per heavy atom.